The number of aliphatic hydroxyl groups is 12. The van der Waals surface area contributed by atoms with Gasteiger partial charge in [0.15, 0.2) is 43.8 Å². The Hall–Kier alpha value is -8.46. The Morgan fingerprint density at radius 3 is 0.864 bits per heavy atom. The molecule has 856 valence electrons. The van der Waals surface area contributed by atoms with Gasteiger partial charge in [-0.25, -0.2) is 0 Å². The summed E-state index contributed by atoms with van der Waals surface area (Å²) in [5.41, 5.74) is -0.902. The molecule has 5 fully saturated rings. The van der Waals surface area contributed by atoms with Crippen LogP contribution in [0.4, 0.5) is 0 Å². The number of ether oxygens (including phenoxy) is 16. The van der Waals surface area contributed by atoms with Crippen LogP contribution in [-0.4, -0.2) is 440 Å². The van der Waals surface area contributed by atoms with Gasteiger partial charge in [0.1, 0.15) is 117 Å². The van der Waals surface area contributed by atoms with Crippen molar-refractivity contribution in [2.75, 3.05) is 119 Å². The van der Waals surface area contributed by atoms with Gasteiger partial charge in [-0.3, -0.25) is 67.1 Å². The van der Waals surface area contributed by atoms with Gasteiger partial charge in [0.05, 0.1) is 51.8 Å². The first kappa shape index (κ1) is 139. The van der Waals surface area contributed by atoms with Crippen LogP contribution in [0.3, 0.4) is 0 Å². The van der Waals surface area contributed by atoms with E-state index in [0.717, 1.165) is 20.8 Å². The fourth-order valence-corrected chi connectivity index (χ4v) is 15.4. The van der Waals surface area contributed by atoms with Gasteiger partial charge in [0.25, 0.3) is 0 Å². The minimum absolute atomic E-state index is 0. The van der Waals surface area contributed by atoms with Crippen molar-refractivity contribution in [3.63, 3.8) is 0 Å². The third kappa shape index (κ3) is 54.9. The van der Waals surface area contributed by atoms with Crippen LogP contribution in [-0.2, 0) is 143 Å². The molecule has 54 nitrogen and oxygen atoms in total. The molecule has 11 amide bonds. The summed E-state index contributed by atoms with van der Waals surface area (Å²) in [5.74, 6) is -6.49. The van der Waals surface area contributed by atoms with E-state index in [2.05, 4.69) is 63.8 Å². The topological polar surface area (TPSA) is 774 Å². The molecule has 0 spiro atoms. The third-order valence-electron chi connectivity index (χ3n) is 22.0. The maximum atomic E-state index is 13.3. The van der Waals surface area contributed by atoms with Gasteiger partial charge in [-0.1, -0.05) is 36.1 Å². The van der Waals surface area contributed by atoms with Crippen LogP contribution in [0.25, 0.3) is 0 Å². The van der Waals surface area contributed by atoms with Crippen LogP contribution in [0.5, 0.6) is 0 Å². The summed E-state index contributed by atoms with van der Waals surface area (Å²) in [6.07, 6.45) is -20.3. The van der Waals surface area contributed by atoms with Gasteiger partial charge >= 0.3 is 17.9 Å². The van der Waals surface area contributed by atoms with Crippen LogP contribution < -0.4 is 63.8 Å². The molecule has 0 unspecified atom stereocenters. The highest BCUT2D eigenvalue weighted by molar-refractivity contribution is 5.80. The second-order valence-corrected chi connectivity index (χ2v) is 35.8. The molecule has 0 aromatic rings. The van der Waals surface area contributed by atoms with Gasteiger partial charge in [-0.2, -0.15) is 0 Å². The summed E-state index contributed by atoms with van der Waals surface area (Å²) in [6.45, 7) is 19.7. The molecule has 5 heterocycles. The molecule has 54 heteroatoms. The number of hydrogen-bond acceptors (Lipinski definition) is 43. The van der Waals surface area contributed by atoms with Crippen molar-refractivity contribution in [2.45, 2.75) is 393 Å². The van der Waals surface area contributed by atoms with Crippen molar-refractivity contribution in [2.24, 2.45) is 0 Å². The SMILES string of the molecule is C.C.C.CC(=O)N[C@H]1[C@H](OC(C)C)O[C@H](O)[C@H](O)[C@@H]1O.CC(=O)N[C@H]1[C@H](OC(C)C)O[C@H](OC(C)=O)[C@H](OC(C)=O)[C@@H]1OC(C)=O.CC(=O)N[C@H]1[C@H](OCCCCCNC(=O)COCCNC(=O)CCC(CCC(=O)NCCOCC(=O)NCCCCCO[C@@H]2O[C@H](CO)[C@H](O)[C@H](O)[C@H]2NC(C)=O)(CCC(=O)NCCOCC(=O)NCCCCCO[C@@H]2O[C@H](CO)[C@H](O)[C@H](O)[C@H]2NC(C)=O)NC(C)C)O[C@H](CO)[C@H](O)[C@@H]1O. The molecule has 25 atom stereocenters. The lowest BCUT2D eigenvalue weighted by Gasteiger charge is -2.44. The Morgan fingerprint density at radius 1 is 0.299 bits per heavy atom. The fraction of sp³-hybridized carbons (Fsp3) is 0.849. The van der Waals surface area contributed by atoms with Crippen molar-refractivity contribution in [3.05, 3.63) is 0 Å². The number of unbranched alkanes of at least 4 members (excludes halogenated alkanes) is 6. The first-order valence-corrected chi connectivity index (χ1v) is 48.4. The zero-order chi connectivity index (χ0) is 108. The average molecular weight is 2130 g/mol. The number of aliphatic hydroxyl groups excluding tert-OH is 12. The minimum atomic E-state index is -1.54. The number of hydrogen-bond donors (Lipinski definition) is 24. The Balaban J connectivity index is 0.00000377. The van der Waals surface area contributed by atoms with Crippen LogP contribution in [0.2, 0.25) is 0 Å². The van der Waals surface area contributed by atoms with E-state index in [9.17, 15) is 128 Å². The van der Waals surface area contributed by atoms with E-state index in [1.54, 1.807) is 27.7 Å². The second-order valence-electron chi connectivity index (χ2n) is 35.8. The molecule has 5 aliphatic rings. The predicted octanol–water partition coefficient (Wildman–Crippen LogP) is -6.55. The predicted molar refractivity (Wildman–Crippen MR) is 517 cm³/mol. The molecule has 147 heavy (non-hydrogen) atoms. The maximum Gasteiger partial charge on any atom is 0.305 e. The third-order valence-corrected chi connectivity index (χ3v) is 22.0. The molecule has 0 saturated carbocycles. The van der Waals surface area contributed by atoms with Gasteiger partial charge in [0.2, 0.25) is 77.4 Å². The zero-order valence-electron chi connectivity index (χ0n) is 84.6. The van der Waals surface area contributed by atoms with Crippen molar-refractivity contribution in [1.29, 1.82) is 0 Å². The lowest BCUT2D eigenvalue weighted by Crippen LogP contribution is -2.66. The van der Waals surface area contributed by atoms with Gasteiger partial charge in [0, 0.05) is 145 Å². The van der Waals surface area contributed by atoms with Gasteiger partial charge < -0.3 is 201 Å². The second kappa shape index (κ2) is 75.3. The normalized spacial score (nSPS) is 26.7. The number of carbonyl (C=O) groups excluding carboxylic acids is 14. The highest BCUT2D eigenvalue weighted by Gasteiger charge is 2.54. The van der Waals surface area contributed by atoms with E-state index in [1.807, 2.05) is 13.8 Å². The summed E-state index contributed by atoms with van der Waals surface area (Å²) >= 11 is 0. The Kier molecular flexibility index (Phi) is 71.0. The Labute approximate surface area is 859 Å². The maximum absolute atomic E-state index is 13.3. The van der Waals surface area contributed by atoms with Crippen molar-refractivity contribution in [1.82, 2.24) is 63.8 Å². The average Bonchev–Trinajstić information content (AvgIpc) is 0.779. The molecule has 5 rings (SSSR count). The minimum Gasteiger partial charge on any atom is -0.456 e. The van der Waals surface area contributed by atoms with Gasteiger partial charge in [-0.05, 0) is 105 Å². The zero-order valence-corrected chi connectivity index (χ0v) is 84.6. The van der Waals surface area contributed by atoms with E-state index in [1.165, 1.54) is 34.6 Å². The van der Waals surface area contributed by atoms with Crippen LogP contribution in [0, 0.1) is 0 Å². The van der Waals surface area contributed by atoms with E-state index in [0.29, 0.717) is 77.4 Å². The van der Waals surface area contributed by atoms with Crippen molar-refractivity contribution in [3.8, 4) is 0 Å². The summed E-state index contributed by atoms with van der Waals surface area (Å²) in [6, 6.07) is -5.22. The van der Waals surface area contributed by atoms with Crippen LogP contribution in [0.1, 0.15) is 216 Å². The van der Waals surface area contributed by atoms with Gasteiger partial charge in [-0.15, -0.1) is 0 Å². The summed E-state index contributed by atoms with van der Waals surface area (Å²) in [5, 5.41) is 152. The quantitative estimate of drug-likeness (QED) is 0.0153. The first-order valence-electron chi connectivity index (χ1n) is 48.4. The van der Waals surface area contributed by atoms with Crippen molar-refractivity contribution < 1.29 is 204 Å². The van der Waals surface area contributed by atoms with Crippen molar-refractivity contribution >= 4 is 82.9 Å². The first-order chi connectivity index (χ1) is 68.1. The number of amides is 11. The Bertz CT molecular complexity index is 3570. The summed E-state index contributed by atoms with van der Waals surface area (Å²) < 4.78 is 87.3. The number of rotatable bonds is 62. The molecule has 24 N–H and O–H groups in total. The summed E-state index contributed by atoms with van der Waals surface area (Å²) in [7, 11) is 0. The molecule has 5 aliphatic heterocycles. The number of nitrogens with one attached hydrogen (secondary N) is 12. The molecular weight excluding hydrogens is 1960 g/mol. The van der Waals surface area contributed by atoms with E-state index in [-0.39, 0.29) is 194 Å². The number of esters is 3. The summed E-state index contributed by atoms with van der Waals surface area (Å²) in [4.78, 5) is 169. The standard InChI is InChI=1S/C64H116N10O27.C16H25NO9.C10H19NO6.3CH4/c1-39(2)74-64(18-15-46(81)68-24-30-93-36-49(84)65-21-9-6-12-27-96-61-52(71-40(3)78)58(90)55(87)43(33-75)99-61,19-16-47(82)69-25-31-94-37-50(85)66-22-10-7-13-28-97-62-53(72-41(4)79)59(91)56(88)44(34-76)100-62)20-17-48(83)70-26-32-95-38-51(86)67-23-11-8-14-29-98-63-54(73-42(5)80)60(92)57(89)45(35-77)101-63;1-7(2)22-15-12(17-8(3)18)13(23-9(4)19)14(24-10(5)20)16(26-15)25-11(6)21;1-4(2)16-10-6(11-5(3)12)7(13)8(14)9(15)17-10;;;/h39,43-45,52-63,74-77,87-92H,6-38H2,1-5H3,(H,65,84)(H,66,85)(H,67,86)(H,68,81)(H,69,82)(H,70,83)(H,71,78)(H,72,79)(H,73,80);7,12-16H,1-6H3,(H,17,18);4,6-10,13-15H,1-3H3,(H,11,12);3*1H4/t43-,44-,45-,52-,53-,54-,55+,56+,57+,58-,59-,60-,61-,62-,63-;12-,13-,14-,15-,16+;6-,7-,8-,9+,10-;;;/m111.../s1. The molecule has 0 aromatic carbocycles. The monoisotopic (exact) mass is 2130 g/mol. The lowest BCUT2D eigenvalue weighted by atomic mass is 9.82. The fourth-order valence-electron chi connectivity index (χ4n) is 15.4. The molecule has 5 saturated heterocycles. The molecule has 0 aromatic heterocycles. The van der Waals surface area contributed by atoms with E-state index < -0.39 is 226 Å². The highest BCUT2D eigenvalue weighted by atomic mass is 16.8. The van der Waals surface area contributed by atoms with E-state index >= 15 is 0 Å². The molecule has 0 radical (unpaired) electrons. The number of carbonyl (C=O) groups is 14. The highest BCUT2D eigenvalue weighted by Crippen LogP contribution is 2.32. The molecule has 0 aliphatic carbocycles. The van der Waals surface area contributed by atoms with Crippen LogP contribution >= 0.6 is 0 Å². The van der Waals surface area contributed by atoms with E-state index in [4.69, 9.17) is 75.8 Å². The molecule has 0 bridgehead atoms. The smallest absolute Gasteiger partial charge is 0.305 e. The Morgan fingerprint density at radius 2 is 0.578 bits per heavy atom. The van der Waals surface area contributed by atoms with Crippen LogP contribution in [0.15, 0.2) is 0 Å². The largest absolute Gasteiger partial charge is 0.456 e. The lowest BCUT2D eigenvalue weighted by molar-refractivity contribution is -0.326. The molecular formula is C93H172N12O42.